The fraction of sp³-hybridized carbons (Fsp3) is 0.105. The van der Waals surface area contributed by atoms with E-state index in [-0.39, 0.29) is 5.91 Å². The normalized spacial score (nSPS) is 10.2. The molecule has 1 amide bonds. The van der Waals surface area contributed by atoms with Gasteiger partial charge in [0.1, 0.15) is 0 Å². The van der Waals surface area contributed by atoms with Crippen LogP contribution in [0.3, 0.4) is 0 Å². The monoisotopic (exact) mass is 318 g/mol. The van der Waals surface area contributed by atoms with Gasteiger partial charge in [0.25, 0.3) is 5.91 Å². The van der Waals surface area contributed by atoms with Crippen molar-refractivity contribution in [2.75, 3.05) is 5.32 Å². The van der Waals surface area contributed by atoms with E-state index in [2.05, 4.69) is 20.6 Å². The van der Waals surface area contributed by atoms with E-state index < -0.39 is 0 Å². The first kappa shape index (κ1) is 15.7. The minimum absolute atomic E-state index is 0.142. The number of nitrogens with zero attached hydrogens (tertiary/aromatic N) is 2. The highest BCUT2D eigenvalue weighted by molar-refractivity contribution is 5.94. The van der Waals surface area contributed by atoms with Crippen LogP contribution in [0.15, 0.2) is 73.3 Å². The van der Waals surface area contributed by atoms with Crippen LogP contribution in [0.2, 0.25) is 0 Å². The van der Waals surface area contributed by atoms with Gasteiger partial charge in [0.2, 0.25) is 0 Å². The molecule has 0 saturated carbocycles. The fourth-order valence-electron chi connectivity index (χ4n) is 2.25. The molecule has 0 radical (unpaired) electrons. The molecule has 1 aromatic carbocycles. The molecule has 2 aromatic heterocycles. The summed E-state index contributed by atoms with van der Waals surface area (Å²) in [5.41, 5.74) is 3.45. The molecule has 5 nitrogen and oxygen atoms in total. The van der Waals surface area contributed by atoms with Crippen LogP contribution in [0.4, 0.5) is 5.69 Å². The standard InChI is InChI=1S/C19H18N4O/c24-19(23-11-15-5-2-1-3-6-15)17-9-18(14-21-13-17)22-12-16-7-4-8-20-10-16/h1-10,13-14,22H,11-12H2,(H,23,24). The molecule has 2 heterocycles. The number of pyridine rings is 2. The molecule has 0 atom stereocenters. The van der Waals surface area contributed by atoms with E-state index in [0.717, 1.165) is 16.8 Å². The highest BCUT2D eigenvalue weighted by Crippen LogP contribution is 2.10. The van der Waals surface area contributed by atoms with Gasteiger partial charge in [-0.05, 0) is 23.3 Å². The van der Waals surface area contributed by atoms with Gasteiger partial charge in [0.15, 0.2) is 0 Å². The van der Waals surface area contributed by atoms with Crippen LogP contribution in [0, 0.1) is 0 Å². The Labute approximate surface area is 140 Å². The molecule has 0 saturated heterocycles. The summed E-state index contributed by atoms with van der Waals surface area (Å²) < 4.78 is 0. The van der Waals surface area contributed by atoms with Gasteiger partial charge >= 0.3 is 0 Å². The molecule has 24 heavy (non-hydrogen) atoms. The molecule has 3 aromatic rings. The van der Waals surface area contributed by atoms with Gasteiger partial charge < -0.3 is 10.6 Å². The first-order chi connectivity index (χ1) is 11.8. The predicted octanol–water partition coefficient (Wildman–Crippen LogP) is 3.02. The smallest absolute Gasteiger partial charge is 0.253 e. The van der Waals surface area contributed by atoms with E-state index in [9.17, 15) is 4.79 Å². The maximum atomic E-state index is 12.3. The van der Waals surface area contributed by atoms with E-state index in [4.69, 9.17) is 0 Å². The lowest BCUT2D eigenvalue weighted by molar-refractivity contribution is 0.0950. The van der Waals surface area contributed by atoms with Gasteiger partial charge in [0.05, 0.1) is 11.3 Å². The summed E-state index contributed by atoms with van der Waals surface area (Å²) >= 11 is 0. The number of hydrogen-bond donors (Lipinski definition) is 2. The Morgan fingerprint density at radius 1 is 0.875 bits per heavy atom. The highest BCUT2D eigenvalue weighted by Gasteiger charge is 2.07. The van der Waals surface area contributed by atoms with Crippen molar-refractivity contribution < 1.29 is 4.79 Å². The van der Waals surface area contributed by atoms with Gasteiger partial charge in [-0.15, -0.1) is 0 Å². The summed E-state index contributed by atoms with van der Waals surface area (Å²) in [5.74, 6) is -0.142. The molecule has 0 bridgehead atoms. The van der Waals surface area contributed by atoms with E-state index in [1.54, 1.807) is 30.9 Å². The molecule has 0 unspecified atom stereocenters. The van der Waals surface area contributed by atoms with Crippen molar-refractivity contribution in [3.63, 3.8) is 0 Å². The van der Waals surface area contributed by atoms with Crippen molar-refractivity contribution in [2.24, 2.45) is 0 Å². The maximum Gasteiger partial charge on any atom is 0.253 e. The van der Waals surface area contributed by atoms with Crippen molar-refractivity contribution in [1.82, 2.24) is 15.3 Å². The molecule has 0 fully saturated rings. The lowest BCUT2D eigenvalue weighted by Crippen LogP contribution is -2.23. The Hall–Kier alpha value is -3.21. The summed E-state index contributed by atoms with van der Waals surface area (Å²) in [5, 5.41) is 6.15. The Bertz CT molecular complexity index is 791. The van der Waals surface area contributed by atoms with Crippen LogP contribution in [0.1, 0.15) is 21.5 Å². The number of carbonyl (C=O) groups is 1. The number of aromatic nitrogens is 2. The lowest BCUT2D eigenvalue weighted by Gasteiger charge is -2.08. The van der Waals surface area contributed by atoms with Crippen molar-refractivity contribution in [1.29, 1.82) is 0 Å². The number of hydrogen-bond acceptors (Lipinski definition) is 4. The first-order valence-electron chi connectivity index (χ1n) is 7.71. The van der Waals surface area contributed by atoms with E-state index >= 15 is 0 Å². The Morgan fingerprint density at radius 3 is 2.50 bits per heavy atom. The summed E-state index contributed by atoms with van der Waals surface area (Å²) in [6.07, 6.45) is 6.81. The third-order valence-corrected chi connectivity index (χ3v) is 3.52. The summed E-state index contributed by atoms with van der Waals surface area (Å²) in [6.45, 7) is 1.12. The Morgan fingerprint density at radius 2 is 1.71 bits per heavy atom. The lowest BCUT2D eigenvalue weighted by atomic mass is 10.2. The molecule has 5 heteroatoms. The fourth-order valence-corrected chi connectivity index (χ4v) is 2.25. The molecule has 120 valence electrons. The molecule has 2 N–H and O–H groups in total. The summed E-state index contributed by atoms with van der Waals surface area (Å²) in [6, 6.07) is 15.5. The van der Waals surface area contributed by atoms with Crippen LogP contribution >= 0.6 is 0 Å². The van der Waals surface area contributed by atoms with Crippen molar-refractivity contribution >= 4 is 11.6 Å². The number of benzene rings is 1. The maximum absolute atomic E-state index is 12.3. The summed E-state index contributed by atoms with van der Waals surface area (Å²) in [4.78, 5) is 20.5. The zero-order chi connectivity index (χ0) is 16.6. The minimum atomic E-state index is -0.142. The number of rotatable bonds is 6. The van der Waals surface area contributed by atoms with Gasteiger partial charge in [-0.25, -0.2) is 0 Å². The van der Waals surface area contributed by atoms with Gasteiger partial charge in [-0.1, -0.05) is 36.4 Å². The third kappa shape index (κ3) is 4.39. The van der Waals surface area contributed by atoms with E-state index in [0.29, 0.717) is 18.7 Å². The second-order valence-corrected chi connectivity index (χ2v) is 5.35. The van der Waals surface area contributed by atoms with Crippen LogP contribution in [-0.4, -0.2) is 15.9 Å². The van der Waals surface area contributed by atoms with Gasteiger partial charge in [-0.3, -0.25) is 14.8 Å². The molecule has 0 spiro atoms. The van der Waals surface area contributed by atoms with E-state index in [1.165, 1.54) is 0 Å². The molecular formula is C19H18N4O. The quantitative estimate of drug-likeness (QED) is 0.733. The number of amides is 1. The largest absolute Gasteiger partial charge is 0.380 e. The predicted molar refractivity (Wildman–Crippen MR) is 93.4 cm³/mol. The third-order valence-electron chi connectivity index (χ3n) is 3.52. The average Bonchev–Trinajstić information content (AvgIpc) is 2.66. The van der Waals surface area contributed by atoms with Crippen molar-refractivity contribution in [3.8, 4) is 0 Å². The minimum Gasteiger partial charge on any atom is -0.380 e. The average molecular weight is 318 g/mol. The SMILES string of the molecule is O=C(NCc1ccccc1)c1cncc(NCc2cccnc2)c1. The zero-order valence-corrected chi connectivity index (χ0v) is 13.1. The second kappa shape index (κ2) is 7.87. The van der Waals surface area contributed by atoms with Crippen LogP contribution < -0.4 is 10.6 Å². The topological polar surface area (TPSA) is 66.9 Å². The second-order valence-electron chi connectivity index (χ2n) is 5.35. The van der Waals surface area contributed by atoms with Gasteiger partial charge in [-0.2, -0.15) is 0 Å². The van der Waals surface area contributed by atoms with Crippen molar-refractivity contribution in [2.45, 2.75) is 13.1 Å². The summed E-state index contributed by atoms with van der Waals surface area (Å²) in [7, 11) is 0. The number of carbonyl (C=O) groups excluding carboxylic acids is 1. The molecule has 3 rings (SSSR count). The van der Waals surface area contributed by atoms with Crippen molar-refractivity contribution in [3.05, 3.63) is 90.0 Å². The van der Waals surface area contributed by atoms with Crippen LogP contribution in [0.25, 0.3) is 0 Å². The molecular weight excluding hydrogens is 300 g/mol. The molecule has 0 aliphatic carbocycles. The number of anilines is 1. The van der Waals surface area contributed by atoms with Crippen LogP contribution in [-0.2, 0) is 13.1 Å². The highest BCUT2D eigenvalue weighted by atomic mass is 16.1. The molecule has 0 aliphatic rings. The first-order valence-corrected chi connectivity index (χ1v) is 7.71. The zero-order valence-electron chi connectivity index (χ0n) is 13.1. The van der Waals surface area contributed by atoms with Gasteiger partial charge in [0, 0.05) is 37.9 Å². The molecule has 0 aliphatic heterocycles. The number of nitrogens with one attached hydrogen (secondary N) is 2. The van der Waals surface area contributed by atoms with E-state index in [1.807, 2.05) is 42.5 Å². The Balaban J connectivity index is 1.59. The Kier molecular flexibility index (Phi) is 5.14. The van der Waals surface area contributed by atoms with Crippen LogP contribution in [0.5, 0.6) is 0 Å².